The first kappa shape index (κ1) is 34.6. The Morgan fingerprint density at radius 3 is 2.18 bits per heavy atom. The van der Waals surface area contributed by atoms with Gasteiger partial charge in [0, 0.05) is 32.0 Å². The topological polar surface area (TPSA) is 86.8 Å². The molecule has 0 aliphatic heterocycles. The molecule has 0 bridgehead atoms. The fraction of sp³-hybridized carbons (Fsp3) is 0.394. The molecule has 0 saturated carbocycles. The Bertz CT molecular complexity index is 1500. The van der Waals surface area contributed by atoms with E-state index >= 15 is 0 Å². The molecule has 0 saturated heterocycles. The van der Waals surface area contributed by atoms with Crippen molar-refractivity contribution >= 4 is 27.5 Å². The number of carbonyl (C=O) groups is 2. The summed E-state index contributed by atoms with van der Waals surface area (Å²) in [7, 11) is -3.96. The summed E-state index contributed by atoms with van der Waals surface area (Å²) in [5, 5.41) is 3.00. The summed E-state index contributed by atoms with van der Waals surface area (Å²) in [5.41, 5.74) is 1.62. The number of nitrogens with one attached hydrogen (secondary N) is 1. The highest BCUT2D eigenvalue weighted by molar-refractivity contribution is 7.92. The van der Waals surface area contributed by atoms with Crippen LogP contribution in [0.5, 0.6) is 0 Å². The molecule has 0 aliphatic carbocycles. The second kappa shape index (κ2) is 15.2. The molecule has 3 aromatic rings. The van der Waals surface area contributed by atoms with Gasteiger partial charge in [0.05, 0.1) is 17.5 Å². The molecule has 3 aromatic carbocycles. The maximum absolute atomic E-state index is 13.9. The highest BCUT2D eigenvalue weighted by atomic mass is 32.2. The van der Waals surface area contributed by atoms with Crippen LogP contribution in [0, 0.1) is 6.92 Å². The summed E-state index contributed by atoms with van der Waals surface area (Å²) in [6.07, 6.45) is -2.87. The Labute approximate surface area is 258 Å². The highest BCUT2D eigenvalue weighted by Gasteiger charge is 2.33. The van der Waals surface area contributed by atoms with Crippen LogP contribution < -0.4 is 9.62 Å². The van der Waals surface area contributed by atoms with Crippen LogP contribution in [0.1, 0.15) is 55.4 Å². The summed E-state index contributed by atoms with van der Waals surface area (Å²) in [6.45, 7) is 5.71. The SMILES string of the molecule is CC[C@@H](C)NC(=O)[C@@H](Cc1ccccc1)N(Cc1ccc(C)cc1)C(=O)CCCN(c1cccc(C(F)(F)F)c1)S(C)(=O)=O. The third kappa shape index (κ3) is 10.1. The molecule has 0 heterocycles. The Balaban J connectivity index is 1.90. The van der Waals surface area contributed by atoms with Crippen LogP contribution >= 0.6 is 0 Å². The molecule has 238 valence electrons. The largest absolute Gasteiger partial charge is 0.416 e. The lowest BCUT2D eigenvalue weighted by Crippen LogP contribution is -2.52. The Morgan fingerprint density at radius 1 is 0.932 bits per heavy atom. The van der Waals surface area contributed by atoms with Gasteiger partial charge in [-0.2, -0.15) is 13.2 Å². The van der Waals surface area contributed by atoms with Crippen LogP contribution in [-0.4, -0.2) is 50.0 Å². The zero-order valence-corrected chi connectivity index (χ0v) is 26.3. The molecule has 0 aromatic heterocycles. The number of alkyl halides is 3. The molecular formula is C33H40F3N3O4S. The van der Waals surface area contributed by atoms with Crippen LogP contribution in [-0.2, 0) is 38.8 Å². The maximum Gasteiger partial charge on any atom is 0.416 e. The summed E-state index contributed by atoms with van der Waals surface area (Å²) < 4.78 is 66.0. The number of benzene rings is 3. The van der Waals surface area contributed by atoms with Gasteiger partial charge in [0.2, 0.25) is 21.8 Å². The molecule has 0 aliphatic rings. The van der Waals surface area contributed by atoms with E-state index in [0.29, 0.717) is 6.42 Å². The number of nitrogens with zero attached hydrogens (tertiary/aromatic N) is 2. The van der Waals surface area contributed by atoms with Crippen molar-refractivity contribution in [2.75, 3.05) is 17.1 Å². The van der Waals surface area contributed by atoms with E-state index in [9.17, 15) is 31.2 Å². The first-order valence-electron chi connectivity index (χ1n) is 14.5. The number of halogens is 3. The lowest BCUT2D eigenvalue weighted by atomic mass is 10.0. The van der Waals surface area contributed by atoms with Crippen LogP contribution in [0.2, 0.25) is 0 Å². The van der Waals surface area contributed by atoms with E-state index in [1.165, 1.54) is 11.0 Å². The van der Waals surface area contributed by atoms with Gasteiger partial charge in [0.15, 0.2) is 0 Å². The standard InChI is InChI=1S/C33H40F3N3O4S/c1-5-25(3)37-32(41)30(21-26-11-7-6-8-12-26)38(23-27-18-16-24(2)17-19-27)31(40)15-10-20-39(44(4,42)43)29-14-9-13-28(22-29)33(34,35)36/h6-9,11-14,16-19,22,25,30H,5,10,15,20-21,23H2,1-4H3,(H,37,41)/t25-,30-/m1/s1. The molecule has 3 rings (SSSR count). The predicted octanol–water partition coefficient (Wildman–Crippen LogP) is 6.11. The molecule has 7 nitrogen and oxygen atoms in total. The van der Waals surface area contributed by atoms with Gasteiger partial charge in [-0.1, -0.05) is 73.2 Å². The lowest BCUT2D eigenvalue weighted by Gasteiger charge is -2.33. The van der Waals surface area contributed by atoms with Gasteiger partial charge in [-0.25, -0.2) is 8.42 Å². The third-order valence-corrected chi connectivity index (χ3v) is 8.55. The van der Waals surface area contributed by atoms with Gasteiger partial charge >= 0.3 is 6.18 Å². The third-order valence-electron chi connectivity index (χ3n) is 7.36. The maximum atomic E-state index is 13.9. The van der Waals surface area contributed by atoms with Crippen molar-refractivity contribution in [1.82, 2.24) is 10.2 Å². The summed E-state index contributed by atoms with van der Waals surface area (Å²) >= 11 is 0. The van der Waals surface area contributed by atoms with Crippen molar-refractivity contribution in [2.24, 2.45) is 0 Å². The van der Waals surface area contributed by atoms with Gasteiger partial charge in [-0.15, -0.1) is 0 Å². The number of carbonyl (C=O) groups excluding carboxylic acids is 2. The van der Waals surface area contributed by atoms with Crippen molar-refractivity contribution in [1.29, 1.82) is 0 Å². The van der Waals surface area contributed by atoms with Gasteiger partial charge in [-0.05, 0) is 56.0 Å². The minimum Gasteiger partial charge on any atom is -0.352 e. The Hall–Kier alpha value is -3.86. The monoisotopic (exact) mass is 631 g/mol. The van der Waals surface area contributed by atoms with Crippen molar-refractivity contribution in [3.8, 4) is 0 Å². The predicted molar refractivity (Wildman–Crippen MR) is 166 cm³/mol. The summed E-state index contributed by atoms with van der Waals surface area (Å²) in [5.74, 6) is -0.673. The lowest BCUT2D eigenvalue weighted by molar-refractivity contribution is -0.141. The van der Waals surface area contributed by atoms with E-state index in [0.717, 1.165) is 45.5 Å². The second-order valence-corrected chi connectivity index (χ2v) is 12.9. The quantitative estimate of drug-likeness (QED) is 0.233. The molecular weight excluding hydrogens is 591 g/mol. The molecule has 2 amide bonds. The van der Waals surface area contributed by atoms with E-state index in [-0.39, 0.29) is 55.9 Å². The van der Waals surface area contributed by atoms with Gasteiger partial charge in [-0.3, -0.25) is 13.9 Å². The second-order valence-electron chi connectivity index (χ2n) is 11.0. The number of aryl methyl sites for hydroxylation is 1. The molecule has 1 N–H and O–H groups in total. The van der Waals surface area contributed by atoms with E-state index in [1.807, 2.05) is 75.4 Å². The average molecular weight is 632 g/mol. The minimum atomic E-state index is -4.64. The Kier molecular flexibility index (Phi) is 12.0. The first-order valence-corrected chi connectivity index (χ1v) is 16.4. The van der Waals surface area contributed by atoms with Crippen molar-refractivity contribution in [3.05, 3.63) is 101 Å². The van der Waals surface area contributed by atoms with Crippen molar-refractivity contribution in [3.63, 3.8) is 0 Å². The smallest absolute Gasteiger partial charge is 0.352 e. The zero-order valence-electron chi connectivity index (χ0n) is 25.5. The van der Waals surface area contributed by atoms with Crippen LogP contribution in [0.3, 0.4) is 0 Å². The molecule has 44 heavy (non-hydrogen) atoms. The van der Waals surface area contributed by atoms with Crippen molar-refractivity contribution in [2.45, 2.75) is 71.3 Å². The summed E-state index contributed by atoms with van der Waals surface area (Å²) in [6, 6.07) is 20.1. The average Bonchev–Trinajstić information content (AvgIpc) is 2.97. The summed E-state index contributed by atoms with van der Waals surface area (Å²) in [4.78, 5) is 29.0. The number of rotatable bonds is 14. The van der Waals surface area contributed by atoms with E-state index < -0.39 is 27.8 Å². The fourth-order valence-corrected chi connectivity index (χ4v) is 5.68. The first-order chi connectivity index (χ1) is 20.7. The Morgan fingerprint density at radius 2 is 1.59 bits per heavy atom. The highest BCUT2D eigenvalue weighted by Crippen LogP contribution is 2.32. The number of hydrogen-bond acceptors (Lipinski definition) is 4. The van der Waals surface area contributed by atoms with Crippen LogP contribution in [0.25, 0.3) is 0 Å². The number of sulfonamides is 1. The van der Waals surface area contributed by atoms with Crippen LogP contribution in [0.4, 0.5) is 18.9 Å². The zero-order chi connectivity index (χ0) is 32.5. The van der Waals surface area contributed by atoms with Gasteiger partial charge in [0.1, 0.15) is 6.04 Å². The number of amides is 2. The molecule has 0 spiro atoms. The van der Waals surface area contributed by atoms with E-state index in [4.69, 9.17) is 0 Å². The van der Waals surface area contributed by atoms with Crippen molar-refractivity contribution < 1.29 is 31.2 Å². The van der Waals surface area contributed by atoms with Gasteiger partial charge < -0.3 is 10.2 Å². The number of anilines is 1. The van der Waals surface area contributed by atoms with Gasteiger partial charge in [0.25, 0.3) is 0 Å². The van der Waals surface area contributed by atoms with E-state index in [2.05, 4.69) is 5.32 Å². The van der Waals surface area contributed by atoms with Crippen LogP contribution in [0.15, 0.2) is 78.9 Å². The number of hydrogen-bond donors (Lipinski definition) is 1. The molecule has 0 fully saturated rings. The molecule has 0 radical (unpaired) electrons. The molecule has 0 unspecified atom stereocenters. The van der Waals surface area contributed by atoms with E-state index in [1.54, 1.807) is 0 Å². The molecule has 2 atom stereocenters. The molecule has 11 heteroatoms. The minimum absolute atomic E-state index is 0.0254. The normalized spacial score (nSPS) is 13.2. The fourth-order valence-electron chi connectivity index (χ4n) is 4.73.